The van der Waals surface area contributed by atoms with Crippen LogP contribution in [-0.4, -0.2) is 57.2 Å². The van der Waals surface area contributed by atoms with Crippen molar-refractivity contribution in [2.24, 2.45) is 0 Å². The van der Waals surface area contributed by atoms with E-state index in [1.54, 1.807) is 0 Å². The summed E-state index contributed by atoms with van der Waals surface area (Å²) in [6.07, 6.45) is 1.65. The molecule has 5 atom stereocenters. The summed E-state index contributed by atoms with van der Waals surface area (Å²) in [5.41, 5.74) is 0. The predicted molar refractivity (Wildman–Crippen MR) is 51.8 cm³/mol. The van der Waals surface area contributed by atoms with E-state index in [4.69, 9.17) is 0 Å². The molecule has 2 saturated heterocycles. The molecular formula is C10H19NO3. The van der Waals surface area contributed by atoms with E-state index in [9.17, 15) is 15.3 Å². The normalized spacial score (nSPS) is 49.3. The molecule has 0 radical (unpaired) electrons. The predicted octanol–water partition coefficient (Wildman–Crippen LogP) is -0.674. The summed E-state index contributed by atoms with van der Waals surface area (Å²) in [6, 6.07) is 0.133. The van der Waals surface area contributed by atoms with E-state index in [-0.39, 0.29) is 18.7 Å². The lowest BCUT2D eigenvalue weighted by Crippen LogP contribution is -2.49. The topological polar surface area (TPSA) is 63.9 Å². The molecule has 2 rings (SSSR count). The van der Waals surface area contributed by atoms with Crippen LogP contribution >= 0.6 is 0 Å². The number of aliphatic hydroxyl groups is 3. The highest BCUT2D eigenvalue weighted by molar-refractivity contribution is 5.03. The van der Waals surface area contributed by atoms with Crippen LogP contribution in [0.25, 0.3) is 0 Å². The molecule has 0 aromatic heterocycles. The molecule has 0 amide bonds. The molecule has 0 saturated carbocycles. The highest BCUT2D eigenvalue weighted by atomic mass is 16.3. The molecule has 82 valence electrons. The molecule has 0 bridgehead atoms. The first kappa shape index (κ1) is 10.4. The van der Waals surface area contributed by atoms with Crippen LogP contribution in [0.2, 0.25) is 0 Å². The highest BCUT2D eigenvalue weighted by Crippen LogP contribution is 2.35. The zero-order valence-electron chi connectivity index (χ0n) is 8.50. The van der Waals surface area contributed by atoms with Gasteiger partial charge in [0, 0.05) is 12.1 Å². The Morgan fingerprint density at radius 1 is 1.21 bits per heavy atom. The Balaban J connectivity index is 2.20. The maximum Gasteiger partial charge on any atom is 0.0991 e. The minimum atomic E-state index is -0.787. The molecule has 4 nitrogen and oxygen atoms in total. The van der Waals surface area contributed by atoms with Crippen LogP contribution in [0, 0.1) is 0 Å². The van der Waals surface area contributed by atoms with Crippen LogP contribution in [0.15, 0.2) is 0 Å². The summed E-state index contributed by atoms with van der Waals surface area (Å²) < 4.78 is 0. The lowest BCUT2D eigenvalue weighted by Gasteiger charge is -2.39. The molecule has 0 spiro atoms. The van der Waals surface area contributed by atoms with Crippen molar-refractivity contribution in [3.05, 3.63) is 0 Å². The summed E-state index contributed by atoms with van der Waals surface area (Å²) in [7, 11) is 0. The zero-order valence-corrected chi connectivity index (χ0v) is 8.50. The second-order valence-electron chi connectivity index (χ2n) is 4.53. The quantitative estimate of drug-likeness (QED) is 0.526. The number of nitrogens with zero attached hydrogens (tertiary/aromatic N) is 1. The number of aliphatic hydroxyl groups excluding tert-OH is 3. The maximum absolute atomic E-state index is 9.81. The van der Waals surface area contributed by atoms with Crippen molar-refractivity contribution in [3.63, 3.8) is 0 Å². The number of piperidine rings is 1. The van der Waals surface area contributed by atoms with Crippen molar-refractivity contribution >= 4 is 0 Å². The fourth-order valence-electron chi connectivity index (χ4n) is 3.00. The van der Waals surface area contributed by atoms with Crippen molar-refractivity contribution < 1.29 is 15.3 Å². The van der Waals surface area contributed by atoms with Gasteiger partial charge in [0.25, 0.3) is 0 Å². The maximum atomic E-state index is 9.81. The van der Waals surface area contributed by atoms with E-state index in [0.717, 1.165) is 19.3 Å². The van der Waals surface area contributed by atoms with Gasteiger partial charge in [-0.1, -0.05) is 6.42 Å². The fourth-order valence-corrected chi connectivity index (χ4v) is 3.00. The monoisotopic (exact) mass is 201 g/mol. The van der Waals surface area contributed by atoms with Crippen molar-refractivity contribution in [1.82, 2.24) is 4.90 Å². The third-order valence-electron chi connectivity index (χ3n) is 3.72. The van der Waals surface area contributed by atoms with Crippen LogP contribution < -0.4 is 0 Å². The third-order valence-corrected chi connectivity index (χ3v) is 3.72. The van der Waals surface area contributed by atoms with Crippen LogP contribution in [0.3, 0.4) is 0 Å². The molecule has 2 aliphatic rings. The Bertz CT molecular complexity index is 202. The fraction of sp³-hybridized carbons (Fsp3) is 1.00. The average Bonchev–Trinajstić information content (AvgIpc) is 2.43. The van der Waals surface area contributed by atoms with Crippen LogP contribution in [-0.2, 0) is 0 Å². The van der Waals surface area contributed by atoms with E-state index in [2.05, 4.69) is 11.8 Å². The van der Waals surface area contributed by atoms with Gasteiger partial charge in [-0.3, -0.25) is 4.90 Å². The van der Waals surface area contributed by atoms with E-state index in [1.807, 2.05) is 0 Å². The van der Waals surface area contributed by atoms with Crippen molar-refractivity contribution in [3.8, 4) is 0 Å². The number of hydrogen-bond donors (Lipinski definition) is 3. The van der Waals surface area contributed by atoms with E-state index in [1.165, 1.54) is 0 Å². The van der Waals surface area contributed by atoms with Gasteiger partial charge in [0.1, 0.15) is 0 Å². The van der Waals surface area contributed by atoms with E-state index < -0.39 is 12.2 Å². The summed E-state index contributed by atoms with van der Waals surface area (Å²) in [5.74, 6) is 0. The zero-order chi connectivity index (χ0) is 10.3. The Hall–Kier alpha value is -0.160. The van der Waals surface area contributed by atoms with Crippen LogP contribution in [0.4, 0.5) is 0 Å². The summed E-state index contributed by atoms with van der Waals surface area (Å²) in [4.78, 5) is 2.10. The largest absolute Gasteiger partial charge is 0.395 e. The second kappa shape index (κ2) is 3.77. The van der Waals surface area contributed by atoms with Crippen molar-refractivity contribution in [2.75, 3.05) is 6.61 Å². The molecule has 0 aromatic carbocycles. The smallest absolute Gasteiger partial charge is 0.0991 e. The van der Waals surface area contributed by atoms with Crippen molar-refractivity contribution in [2.45, 2.75) is 56.5 Å². The number of rotatable bonds is 1. The standard InChI is InChI=1S/C10H19NO3/c1-6-3-2-4-7-9(13)10(14)8(5-12)11(6)7/h6-10,12-14H,2-5H2,1H3/t6-,7-,8-,9-,10+/m1/s1. The molecular weight excluding hydrogens is 182 g/mol. The molecule has 0 aromatic rings. The second-order valence-corrected chi connectivity index (χ2v) is 4.53. The molecule has 0 aliphatic carbocycles. The number of fused-ring (bicyclic) bond motifs is 1. The lowest BCUT2D eigenvalue weighted by molar-refractivity contribution is 0.0174. The van der Waals surface area contributed by atoms with Gasteiger partial charge in [-0.05, 0) is 19.8 Å². The third kappa shape index (κ3) is 1.37. The Kier molecular flexibility index (Phi) is 2.79. The van der Waals surface area contributed by atoms with Gasteiger partial charge in [0.05, 0.1) is 24.9 Å². The first-order chi connectivity index (χ1) is 6.66. The Morgan fingerprint density at radius 3 is 2.57 bits per heavy atom. The van der Waals surface area contributed by atoms with Gasteiger partial charge in [-0.15, -0.1) is 0 Å². The minimum Gasteiger partial charge on any atom is -0.395 e. The Labute approximate surface area is 84.2 Å². The van der Waals surface area contributed by atoms with E-state index >= 15 is 0 Å². The molecule has 14 heavy (non-hydrogen) atoms. The summed E-state index contributed by atoms with van der Waals surface area (Å²) in [6.45, 7) is 2.03. The molecule has 2 heterocycles. The molecule has 3 N–H and O–H groups in total. The SMILES string of the molecule is C[C@@H]1CCC[C@@H]2[C@@H](O)[C@@H](O)[C@@H](CO)N12. The first-order valence-corrected chi connectivity index (χ1v) is 5.41. The highest BCUT2D eigenvalue weighted by Gasteiger charge is 2.49. The summed E-state index contributed by atoms with van der Waals surface area (Å²) >= 11 is 0. The minimum absolute atomic E-state index is 0.0471. The van der Waals surface area contributed by atoms with Gasteiger partial charge in [0.15, 0.2) is 0 Å². The molecule has 2 fully saturated rings. The van der Waals surface area contributed by atoms with E-state index in [0.29, 0.717) is 6.04 Å². The summed E-state index contributed by atoms with van der Waals surface area (Å²) in [5, 5.41) is 28.8. The van der Waals surface area contributed by atoms with Crippen molar-refractivity contribution in [1.29, 1.82) is 0 Å². The van der Waals surface area contributed by atoms with Gasteiger partial charge in [-0.25, -0.2) is 0 Å². The first-order valence-electron chi connectivity index (χ1n) is 5.41. The lowest BCUT2D eigenvalue weighted by atomic mass is 9.96. The Morgan fingerprint density at radius 2 is 1.93 bits per heavy atom. The van der Waals surface area contributed by atoms with Crippen LogP contribution in [0.1, 0.15) is 26.2 Å². The molecule has 0 unspecified atom stereocenters. The molecule has 2 aliphatic heterocycles. The average molecular weight is 201 g/mol. The van der Waals surface area contributed by atoms with Gasteiger partial charge >= 0.3 is 0 Å². The number of hydrogen-bond acceptors (Lipinski definition) is 4. The van der Waals surface area contributed by atoms with Gasteiger partial charge in [0.2, 0.25) is 0 Å². The van der Waals surface area contributed by atoms with Crippen LogP contribution in [0.5, 0.6) is 0 Å². The van der Waals surface area contributed by atoms with Gasteiger partial charge in [-0.2, -0.15) is 0 Å². The van der Waals surface area contributed by atoms with Gasteiger partial charge < -0.3 is 15.3 Å². The molecule has 4 heteroatoms.